The third-order valence-corrected chi connectivity index (χ3v) is 22.4. The second-order valence-electron chi connectivity index (χ2n) is 29.7. The van der Waals surface area contributed by atoms with Gasteiger partial charge in [0.25, 0.3) is 0 Å². The average Bonchev–Trinajstić information content (AvgIpc) is 1.64. The van der Waals surface area contributed by atoms with Gasteiger partial charge in [0.1, 0.15) is 0 Å². The molecule has 4 aliphatic heterocycles. The van der Waals surface area contributed by atoms with Crippen molar-refractivity contribution in [2.24, 2.45) is 11.5 Å². The Morgan fingerprint density at radius 3 is 1.21 bits per heavy atom. The molecule has 119 heavy (non-hydrogen) atoms. The van der Waals surface area contributed by atoms with Crippen molar-refractivity contribution < 1.29 is 14.6 Å². The molecule has 4 aliphatic rings. The maximum absolute atomic E-state index is 9.73. The predicted molar refractivity (Wildman–Crippen MR) is 473 cm³/mol. The first-order valence-corrected chi connectivity index (χ1v) is 41.2. The minimum Gasteiger partial charge on any atom is -0.393 e. The molecule has 20 rings (SSSR count). The van der Waals surface area contributed by atoms with Gasteiger partial charge in [0, 0.05) is 183 Å². The molecule has 11 aromatic heterocycles. The van der Waals surface area contributed by atoms with Crippen molar-refractivity contribution in [2.45, 2.75) is 64.3 Å². The molecule has 16 aromatic rings. The number of ether oxygens (including phenoxy) is 2. The molecule has 0 saturated carbocycles. The van der Waals surface area contributed by atoms with Crippen LogP contribution in [0.5, 0.6) is 0 Å². The molecule has 28 nitrogen and oxygen atoms in total. The smallest absolute Gasteiger partial charge is 0.159 e. The van der Waals surface area contributed by atoms with E-state index in [1.165, 1.54) is 11.1 Å². The van der Waals surface area contributed by atoms with Gasteiger partial charge in [-0.3, -0.25) is 34.9 Å². The van der Waals surface area contributed by atoms with Gasteiger partial charge in [-0.1, -0.05) is 70.2 Å². The number of pyridine rings is 5. The number of nitrogens with one attached hydrogen (secondary N) is 2. The summed E-state index contributed by atoms with van der Waals surface area (Å²) in [7, 11) is 1.68. The number of morpholine rings is 1. The van der Waals surface area contributed by atoms with Crippen molar-refractivity contribution in [1.29, 1.82) is 0 Å². The molecule has 0 bridgehead atoms. The van der Waals surface area contributed by atoms with Crippen LogP contribution in [0.1, 0.15) is 42.5 Å². The monoisotopic (exact) mass is 1650 g/mol. The number of rotatable bonds is 16. The van der Waals surface area contributed by atoms with Crippen LogP contribution in [-0.2, 0) is 16.0 Å². The van der Waals surface area contributed by atoms with Gasteiger partial charge < -0.3 is 51.0 Å². The van der Waals surface area contributed by atoms with Crippen LogP contribution in [0.25, 0.3) is 83.0 Å². The molecule has 7 N–H and O–H groups in total. The normalized spacial score (nSPS) is 15.5. The van der Waals surface area contributed by atoms with Gasteiger partial charge in [0.15, 0.2) is 29.1 Å². The Hall–Kier alpha value is -12.0. The number of aliphatic hydroxyl groups is 1. The number of hydrogen-bond acceptors (Lipinski definition) is 22. The molecular weight excluding hydrogens is 1560 g/mol. The van der Waals surface area contributed by atoms with E-state index in [4.69, 9.17) is 76.1 Å². The number of halogens is 3. The molecule has 15 heterocycles. The van der Waals surface area contributed by atoms with Gasteiger partial charge in [0.05, 0.1) is 112 Å². The van der Waals surface area contributed by atoms with Crippen molar-refractivity contribution in [3.63, 3.8) is 0 Å². The summed E-state index contributed by atoms with van der Waals surface area (Å²) in [6.45, 7) is 16.6. The number of fused-ring (bicyclic) bond motifs is 5. The number of hydrogen-bond donors (Lipinski definition) is 5. The zero-order chi connectivity index (χ0) is 81.7. The zero-order valence-corrected chi connectivity index (χ0v) is 68.7. The summed E-state index contributed by atoms with van der Waals surface area (Å²) in [5, 5.41) is 51.9. The summed E-state index contributed by atoms with van der Waals surface area (Å²) in [4.78, 5) is 32.9. The van der Waals surface area contributed by atoms with Crippen LogP contribution in [0, 0.1) is 13.8 Å². The summed E-state index contributed by atoms with van der Waals surface area (Å²) in [6, 6.07) is 52.1. The number of aryl methyl sites for hydroxylation is 2. The number of aromatic amines is 1. The molecule has 0 aliphatic carbocycles. The highest BCUT2D eigenvalue weighted by Gasteiger charge is 2.29. The number of aromatic nitrogens is 17. The van der Waals surface area contributed by atoms with Crippen LogP contribution in [-0.4, -0.2) is 211 Å². The van der Waals surface area contributed by atoms with Gasteiger partial charge in [-0.2, -0.15) is 5.10 Å². The fourth-order valence-corrected chi connectivity index (χ4v) is 15.5. The highest BCUT2D eigenvalue weighted by molar-refractivity contribution is 6.31. The Balaban J connectivity index is 0.000000111. The quantitative estimate of drug-likeness (QED) is 0.0561. The fraction of sp³-hybridized carbons (Fsp3) is 0.284. The molecule has 5 aromatic carbocycles. The van der Waals surface area contributed by atoms with E-state index >= 15 is 0 Å². The molecule has 1 unspecified atom stereocenters. The summed E-state index contributed by atoms with van der Waals surface area (Å²) < 4.78 is 20.4. The lowest BCUT2D eigenvalue weighted by atomic mass is 10.1. The van der Waals surface area contributed by atoms with E-state index < -0.39 is 0 Å². The maximum atomic E-state index is 9.73. The van der Waals surface area contributed by atoms with Crippen molar-refractivity contribution in [3.05, 3.63) is 258 Å². The first kappa shape index (κ1) is 80.8. The Kier molecular flexibility index (Phi) is 25.6. The summed E-state index contributed by atoms with van der Waals surface area (Å²) in [5.74, 6) is 4.78. The van der Waals surface area contributed by atoms with Crippen molar-refractivity contribution in [3.8, 4) is 28.4 Å². The van der Waals surface area contributed by atoms with Gasteiger partial charge in [-0.25, -0.2) is 23.4 Å². The molecule has 1 atom stereocenters. The third kappa shape index (κ3) is 18.8. The standard InChI is InChI=1S/C20H20ClN7.C18H21N5O.C18H20N4O.C17H18ClN5.C15H15ClN4O/c21-15-1-3-17(4-2-15)28-19-13-22-7-6-18(19)20(25-28)27-11-9-26(10-12-27)14-16-5-8-23-24-16;1-13-2-4-14(5-3-13)23-17-11-20-7-6-16(17)18(21-23)22-8-9-24-15(10-19)12-22;1-13-2-4-14(5-3-13)22-17-12-19-9-6-16(17)18(20-22)21-10-7-15(23)8-11-21;18-12-1-3-14(4-2-12)23-16-11-20-8-5-15(16)17(21-23)22-9-6-13(19)7-10-22;1-21-9-8-18-15-13-6-7-17-10-14(13)20(19-15)12-4-2-11(16)3-5-12/h1-8,13H,9-12,14H2,(H,23,24);2-7,11,15H,8-10,12,19H2,1H3;2-6,9,12,15,23H,7-8,10-11H2,1H3;1-5,8,11,13H,6-7,9-10,19H2;2-7,10H,8-9H2,1H3,(H,18,19). The summed E-state index contributed by atoms with van der Waals surface area (Å²) >= 11 is 18.0. The van der Waals surface area contributed by atoms with Crippen LogP contribution in [0.15, 0.2) is 226 Å². The molecule has 0 amide bonds. The highest BCUT2D eigenvalue weighted by Crippen LogP contribution is 2.36. The molecule has 4 saturated heterocycles. The van der Waals surface area contributed by atoms with Crippen molar-refractivity contribution in [2.75, 3.05) is 124 Å². The van der Waals surface area contributed by atoms with E-state index in [9.17, 15) is 5.11 Å². The van der Waals surface area contributed by atoms with E-state index in [1.807, 2.05) is 182 Å². The molecule has 0 radical (unpaired) electrons. The second-order valence-corrected chi connectivity index (χ2v) is 31.1. The van der Waals surface area contributed by atoms with Crippen LogP contribution in [0.2, 0.25) is 15.1 Å². The van der Waals surface area contributed by atoms with E-state index in [0.717, 1.165) is 215 Å². The van der Waals surface area contributed by atoms with Crippen LogP contribution in [0.4, 0.5) is 29.1 Å². The molecule has 610 valence electrons. The van der Waals surface area contributed by atoms with Crippen molar-refractivity contribution in [1.82, 2.24) is 88.9 Å². The van der Waals surface area contributed by atoms with E-state index in [-0.39, 0.29) is 12.2 Å². The van der Waals surface area contributed by atoms with Gasteiger partial charge >= 0.3 is 0 Å². The first-order valence-electron chi connectivity index (χ1n) is 40.0. The predicted octanol–water partition coefficient (Wildman–Crippen LogP) is 13.8. The first-order chi connectivity index (χ1) is 58.3. The van der Waals surface area contributed by atoms with Gasteiger partial charge in [-0.15, -0.1) is 25.5 Å². The SMILES string of the molecule is COCCNc1nn(-c2ccc(Cl)cc2)c2cnccc12.Cc1ccc(-n2nc(N3CCC(O)CC3)c3ccncc32)cc1.Cc1ccc(-n2nc(N3CCOC(CN)C3)c3ccncc32)cc1.Clc1ccc(-n2nc(N3CCN(Cc4ccn[nH]4)CC3)c3ccncc32)cc1.NC1CCN(c2nn(-c3ccc(Cl)cc3)c3cnccc23)CC1. The number of nitrogens with zero attached hydrogens (tertiary/aromatic N) is 21. The Bertz CT molecular complexity index is 5840. The highest BCUT2D eigenvalue weighted by atomic mass is 35.5. The Morgan fingerprint density at radius 1 is 0.445 bits per heavy atom. The topological polar surface area (TPSA) is 301 Å². The number of H-pyrrole nitrogens is 1. The number of nitrogens with two attached hydrogens (primary N) is 2. The zero-order valence-electron chi connectivity index (χ0n) is 66.5. The van der Waals surface area contributed by atoms with E-state index in [0.29, 0.717) is 47.4 Å². The summed E-state index contributed by atoms with van der Waals surface area (Å²) in [5.41, 5.74) is 25.3. The lowest BCUT2D eigenvalue weighted by Crippen LogP contribution is -2.46. The fourth-order valence-electron chi connectivity index (χ4n) is 15.2. The molecule has 4 fully saturated rings. The van der Waals surface area contributed by atoms with E-state index in [1.54, 1.807) is 25.7 Å². The van der Waals surface area contributed by atoms with Crippen LogP contribution >= 0.6 is 34.8 Å². The second kappa shape index (κ2) is 37.8. The lowest BCUT2D eigenvalue weighted by molar-refractivity contribution is 0.0463. The third-order valence-electron chi connectivity index (χ3n) is 21.6. The molecule has 31 heteroatoms. The van der Waals surface area contributed by atoms with E-state index in [2.05, 4.69) is 132 Å². The van der Waals surface area contributed by atoms with Crippen molar-refractivity contribution >= 4 is 118 Å². The Labute approximate surface area is 703 Å². The van der Waals surface area contributed by atoms with Crippen LogP contribution < -0.4 is 36.4 Å². The van der Waals surface area contributed by atoms with Gasteiger partial charge in [-0.05, 0) is 173 Å². The number of aliphatic hydroxyl groups excluding tert-OH is 1. The Morgan fingerprint density at radius 2 is 0.815 bits per heavy atom. The number of methoxy groups -OCH3 is 1. The number of benzene rings is 5. The van der Waals surface area contributed by atoms with Gasteiger partial charge in [0.2, 0.25) is 0 Å². The number of anilines is 5. The van der Waals surface area contributed by atoms with Crippen LogP contribution in [0.3, 0.4) is 0 Å². The molecule has 0 spiro atoms. The lowest BCUT2D eigenvalue weighted by Gasteiger charge is -2.34. The maximum Gasteiger partial charge on any atom is 0.159 e. The minimum atomic E-state index is -0.182. The number of piperazine rings is 1. The number of piperidine rings is 2. The average molecular weight is 1660 g/mol. The summed E-state index contributed by atoms with van der Waals surface area (Å²) in [6.07, 6.45) is 23.6. The molecular formula is C88H94Cl3N25O3. The minimum absolute atomic E-state index is 0.0557. The largest absolute Gasteiger partial charge is 0.393 e.